The van der Waals surface area contributed by atoms with Crippen LogP contribution >= 0.6 is 11.3 Å². The Morgan fingerprint density at radius 1 is 1.29 bits per heavy atom. The first kappa shape index (κ1) is 19.2. The number of hydrogen-bond acceptors (Lipinski definition) is 9. The number of nitrogens with zero attached hydrogens (tertiary/aromatic N) is 5. The lowest BCUT2D eigenvalue weighted by atomic mass is 10.2. The zero-order chi connectivity index (χ0) is 19.5. The van der Waals surface area contributed by atoms with Gasteiger partial charge in [0.2, 0.25) is 0 Å². The Balaban J connectivity index is 1.76. The molecule has 1 aliphatic heterocycles. The molecule has 0 spiro atoms. The maximum Gasteiger partial charge on any atom is 0.164 e. The van der Waals surface area contributed by atoms with Crippen LogP contribution in [0.4, 0.5) is 5.82 Å². The van der Waals surface area contributed by atoms with Crippen LogP contribution in [0, 0.1) is 0 Å². The van der Waals surface area contributed by atoms with Gasteiger partial charge in [0.25, 0.3) is 0 Å². The third-order valence-electron chi connectivity index (χ3n) is 4.44. The minimum atomic E-state index is -2.44. The van der Waals surface area contributed by atoms with E-state index in [9.17, 15) is 8.42 Å². The van der Waals surface area contributed by atoms with Crippen molar-refractivity contribution >= 4 is 38.1 Å². The van der Waals surface area contributed by atoms with Gasteiger partial charge in [-0.3, -0.25) is 9.88 Å². The minimum Gasteiger partial charge on any atom is -0.378 e. The van der Waals surface area contributed by atoms with Crippen molar-refractivity contribution in [1.82, 2.24) is 19.9 Å². The molecule has 0 unspecified atom stereocenters. The molecular formula is C18H21N5O3S2. The van der Waals surface area contributed by atoms with Crippen LogP contribution in [-0.2, 0) is 22.0 Å². The fourth-order valence-corrected chi connectivity index (χ4v) is 4.78. The predicted octanol–water partition coefficient (Wildman–Crippen LogP) is 1.59. The molecule has 0 aromatic carbocycles. The van der Waals surface area contributed by atoms with Gasteiger partial charge in [0.1, 0.15) is 10.6 Å². The maximum absolute atomic E-state index is 11.0. The first-order valence-corrected chi connectivity index (χ1v) is 11.1. The number of morpholine rings is 1. The van der Waals surface area contributed by atoms with Gasteiger partial charge in [0.05, 0.1) is 24.5 Å². The van der Waals surface area contributed by atoms with Gasteiger partial charge in [0.15, 0.2) is 16.5 Å². The number of pyridine rings is 1. The molecule has 0 saturated carbocycles. The van der Waals surface area contributed by atoms with Crippen LogP contribution in [-0.4, -0.2) is 67.5 Å². The highest BCUT2D eigenvalue weighted by Crippen LogP contribution is 2.34. The molecule has 148 valence electrons. The summed E-state index contributed by atoms with van der Waals surface area (Å²) in [6.07, 6.45) is 3.49. The van der Waals surface area contributed by atoms with Crippen molar-refractivity contribution in [3.8, 4) is 11.4 Å². The SMILES string of the molecule is CN(Cc1cc2c(N3CCOCC3)nc(-c3cccnc3)nc2s1)C[SH](=O)=O. The Kier molecular flexibility index (Phi) is 5.81. The smallest absolute Gasteiger partial charge is 0.164 e. The van der Waals surface area contributed by atoms with Gasteiger partial charge >= 0.3 is 0 Å². The van der Waals surface area contributed by atoms with Crippen LogP contribution < -0.4 is 4.90 Å². The Labute approximate surface area is 168 Å². The molecule has 0 aliphatic carbocycles. The number of thiol groups is 1. The summed E-state index contributed by atoms with van der Waals surface area (Å²) in [5.74, 6) is 1.57. The summed E-state index contributed by atoms with van der Waals surface area (Å²) in [5, 5.41) is 0.995. The number of hydrogen-bond donors (Lipinski definition) is 1. The number of aromatic nitrogens is 3. The first-order chi connectivity index (χ1) is 13.6. The molecule has 0 N–H and O–H groups in total. The zero-order valence-corrected chi connectivity index (χ0v) is 17.2. The molecule has 1 aliphatic rings. The van der Waals surface area contributed by atoms with Crippen LogP contribution in [0.1, 0.15) is 4.88 Å². The van der Waals surface area contributed by atoms with Gasteiger partial charge in [-0.1, -0.05) is 0 Å². The van der Waals surface area contributed by atoms with E-state index < -0.39 is 10.7 Å². The third kappa shape index (κ3) is 4.30. The van der Waals surface area contributed by atoms with Crippen LogP contribution in [0.15, 0.2) is 30.6 Å². The third-order valence-corrected chi connectivity index (χ3v) is 6.16. The standard InChI is InChI=1S/C18H21N5O3S2/c1-22(12-28(24)25)11-14-9-15-17(23-5-7-26-8-6-23)20-16(21-18(15)27-14)13-3-2-4-19-10-13/h2-4,9-10,28H,5-8,11-12H2,1H3. The predicted molar refractivity (Wildman–Crippen MR) is 110 cm³/mol. The van der Waals surface area contributed by atoms with Crippen LogP contribution in [0.5, 0.6) is 0 Å². The molecule has 1 fully saturated rings. The molecule has 28 heavy (non-hydrogen) atoms. The average Bonchev–Trinajstić information content (AvgIpc) is 3.10. The molecular weight excluding hydrogens is 398 g/mol. The molecule has 3 aromatic heterocycles. The van der Waals surface area contributed by atoms with Crippen molar-refractivity contribution in [2.75, 3.05) is 44.1 Å². The number of anilines is 1. The summed E-state index contributed by atoms with van der Waals surface area (Å²) in [5.41, 5.74) is 0.870. The molecule has 4 rings (SSSR count). The van der Waals surface area contributed by atoms with Crippen molar-refractivity contribution < 1.29 is 13.2 Å². The van der Waals surface area contributed by atoms with E-state index in [1.165, 1.54) is 0 Å². The monoisotopic (exact) mass is 419 g/mol. The Morgan fingerprint density at radius 2 is 2.11 bits per heavy atom. The molecule has 8 nitrogen and oxygen atoms in total. The fourth-order valence-electron chi connectivity index (χ4n) is 3.19. The summed E-state index contributed by atoms with van der Waals surface area (Å²) in [6, 6.07) is 5.90. The molecule has 1 saturated heterocycles. The Bertz CT molecular complexity index is 1020. The van der Waals surface area contributed by atoms with E-state index in [1.807, 2.05) is 12.1 Å². The number of rotatable bonds is 6. The largest absolute Gasteiger partial charge is 0.378 e. The maximum atomic E-state index is 11.0. The van der Waals surface area contributed by atoms with Crippen molar-refractivity contribution in [3.05, 3.63) is 35.5 Å². The second kappa shape index (κ2) is 8.48. The van der Waals surface area contributed by atoms with Crippen molar-refractivity contribution in [1.29, 1.82) is 0 Å². The zero-order valence-electron chi connectivity index (χ0n) is 15.4. The summed E-state index contributed by atoms with van der Waals surface area (Å²) in [7, 11) is -0.641. The minimum absolute atomic E-state index is 0.0342. The molecule has 4 heterocycles. The van der Waals surface area contributed by atoms with E-state index in [-0.39, 0.29) is 5.88 Å². The highest BCUT2D eigenvalue weighted by Gasteiger charge is 2.20. The van der Waals surface area contributed by atoms with Gasteiger partial charge in [-0.15, -0.1) is 11.3 Å². The highest BCUT2D eigenvalue weighted by atomic mass is 32.2. The van der Waals surface area contributed by atoms with Gasteiger partial charge in [-0.05, 0) is 25.2 Å². The average molecular weight is 420 g/mol. The van der Waals surface area contributed by atoms with E-state index in [1.54, 1.807) is 35.7 Å². The molecule has 0 radical (unpaired) electrons. The lowest BCUT2D eigenvalue weighted by molar-refractivity contribution is 0.122. The highest BCUT2D eigenvalue weighted by molar-refractivity contribution is 7.72. The fraction of sp³-hybridized carbons (Fsp3) is 0.389. The van der Waals surface area contributed by atoms with E-state index in [4.69, 9.17) is 14.7 Å². The lowest BCUT2D eigenvalue weighted by Crippen LogP contribution is -2.37. The summed E-state index contributed by atoms with van der Waals surface area (Å²) in [4.78, 5) is 19.7. The van der Waals surface area contributed by atoms with Gasteiger partial charge in [-0.25, -0.2) is 18.4 Å². The molecule has 3 aromatic rings. The van der Waals surface area contributed by atoms with E-state index in [0.717, 1.165) is 39.6 Å². The number of thiophene rings is 1. The lowest BCUT2D eigenvalue weighted by Gasteiger charge is -2.28. The molecule has 10 heteroatoms. The van der Waals surface area contributed by atoms with Crippen LogP contribution in [0.25, 0.3) is 21.6 Å². The van der Waals surface area contributed by atoms with Gasteiger partial charge < -0.3 is 9.64 Å². The molecule has 0 amide bonds. The molecule has 0 atom stereocenters. The van der Waals surface area contributed by atoms with Gasteiger partial charge in [-0.2, -0.15) is 0 Å². The number of ether oxygens (including phenoxy) is 1. The van der Waals surface area contributed by atoms with Crippen LogP contribution in [0.3, 0.4) is 0 Å². The van der Waals surface area contributed by atoms with Crippen LogP contribution in [0.2, 0.25) is 0 Å². The number of fused-ring (bicyclic) bond motifs is 1. The normalized spacial score (nSPS) is 15.0. The topological polar surface area (TPSA) is 88.5 Å². The Morgan fingerprint density at radius 3 is 2.82 bits per heavy atom. The van der Waals surface area contributed by atoms with Crippen molar-refractivity contribution in [2.24, 2.45) is 0 Å². The van der Waals surface area contributed by atoms with Gasteiger partial charge in [0, 0.05) is 42.5 Å². The first-order valence-electron chi connectivity index (χ1n) is 8.94. The summed E-state index contributed by atoms with van der Waals surface area (Å²) in [6.45, 7) is 3.45. The van der Waals surface area contributed by atoms with E-state index >= 15 is 0 Å². The van der Waals surface area contributed by atoms with E-state index in [2.05, 4.69) is 16.0 Å². The second-order valence-electron chi connectivity index (χ2n) is 6.63. The summed E-state index contributed by atoms with van der Waals surface area (Å²) < 4.78 is 27.5. The van der Waals surface area contributed by atoms with Crippen molar-refractivity contribution in [3.63, 3.8) is 0 Å². The second-order valence-corrected chi connectivity index (χ2v) is 8.70. The Hall–Kier alpha value is -2.14. The summed E-state index contributed by atoms with van der Waals surface area (Å²) >= 11 is 1.57. The molecule has 0 bridgehead atoms. The quantitative estimate of drug-likeness (QED) is 0.603. The van der Waals surface area contributed by atoms with E-state index in [0.29, 0.717) is 25.6 Å². The van der Waals surface area contributed by atoms with Crippen molar-refractivity contribution in [2.45, 2.75) is 6.54 Å².